The molecule has 2 heterocycles. The van der Waals surface area contributed by atoms with Crippen LogP contribution in [0.1, 0.15) is 30.4 Å². The van der Waals surface area contributed by atoms with Gasteiger partial charge in [-0.05, 0) is 54.3 Å². The number of halogens is 3. The molecule has 0 aliphatic carbocycles. The van der Waals surface area contributed by atoms with Crippen LogP contribution >= 0.6 is 0 Å². The Morgan fingerprint density at radius 2 is 1.88 bits per heavy atom. The van der Waals surface area contributed by atoms with Crippen molar-refractivity contribution in [1.29, 1.82) is 0 Å². The Bertz CT molecular complexity index is 1130. The van der Waals surface area contributed by atoms with Crippen molar-refractivity contribution in [2.24, 2.45) is 0 Å². The first-order chi connectivity index (χ1) is 15.4. The number of aromatic nitrogens is 1. The van der Waals surface area contributed by atoms with Crippen LogP contribution in [0.5, 0.6) is 0 Å². The predicted octanol–water partition coefficient (Wildman–Crippen LogP) is 4.36. The van der Waals surface area contributed by atoms with E-state index in [-0.39, 0.29) is 36.0 Å². The number of benzene rings is 2. The van der Waals surface area contributed by atoms with Gasteiger partial charge in [-0.15, -0.1) is 0 Å². The average molecular weight is 441 g/mol. The van der Waals surface area contributed by atoms with Gasteiger partial charge >= 0.3 is 0 Å². The maximum absolute atomic E-state index is 13.6. The van der Waals surface area contributed by atoms with Crippen molar-refractivity contribution in [3.05, 3.63) is 71.5 Å². The van der Waals surface area contributed by atoms with E-state index in [2.05, 4.69) is 15.6 Å². The molecule has 0 spiro atoms. The zero-order chi connectivity index (χ0) is 22.7. The highest BCUT2D eigenvalue weighted by molar-refractivity contribution is 5.89. The third-order valence-electron chi connectivity index (χ3n) is 5.53. The number of aromatic amines is 1. The number of rotatable bonds is 7. The van der Waals surface area contributed by atoms with E-state index in [1.165, 1.54) is 18.2 Å². The van der Waals surface area contributed by atoms with Gasteiger partial charge in [-0.25, -0.2) is 13.2 Å². The van der Waals surface area contributed by atoms with Crippen molar-refractivity contribution < 1.29 is 22.8 Å². The second-order valence-electron chi connectivity index (χ2n) is 7.68. The van der Waals surface area contributed by atoms with Gasteiger partial charge in [0.25, 0.3) is 6.43 Å². The van der Waals surface area contributed by atoms with Gasteiger partial charge in [0.2, 0.25) is 11.8 Å². The van der Waals surface area contributed by atoms with Gasteiger partial charge in [0.1, 0.15) is 11.9 Å². The first-order valence-electron chi connectivity index (χ1n) is 10.3. The molecule has 1 aromatic heterocycles. The first kappa shape index (κ1) is 21.7. The summed E-state index contributed by atoms with van der Waals surface area (Å²) in [6.45, 7) is 0.525. The van der Waals surface area contributed by atoms with Crippen LogP contribution in [0.2, 0.25) is 0 Å². The standard InChI is InChI=1S/C24H22F3N3O2/c25-16-8-5-14(6-9-16)20-13-15(7-10-21(31)29-19-11-12-28-24(19)32)22(30-20)17-3-1-2-4-18(17)23(26)27/h1-6,8-9,13,19,23,30H,7,10-12H2,(H,28,32)(H,29,31). The lowest BCUT2D eigenvalue weighted by Crippen LogP contribution is -2.40. The Morgan fingerprint density at radius 3 is 2.56 bits per heavy atom. The van der Waals surface area contributed by atoms with Gasteiger partial charge in [-0.1, -0.05) is 24.3 Å². The Kier molecular flexibility index (Phi) is 6.30. The lowest BCUT2D eigenvalue weighted by molar-refractivity contribution is -0.127. The Balaban J connectivity index is 1.63. The molecule has 0 saturated carbocycles. The number of alkyl halides is 2. The molecular formula is C24H22F3N3O2. The van der Waals surface area contributed by atoms with Crippen molar-refractivity contribution in [3.8, 4) is 22.5 Å². The number of hydrogen-bond acceptors (Lipinski definition) is 2. The Labute approximate surface area is 183 Å². The molecule has 2 aromatic carbocycles. The largest absolute Gasteiger partial charge is 0.354 e. The zero-order valence-electron chi connectivity index (χ0n) is 17.1. The summed E-state index contributed by atoms with van der Waals surface area (Å²) in [4.78, 5) is 27.3. The molecular weight excluding hydrogens is 419 g/mol. The molecule has 166 valence electrons. The molecule has 1 unspecified atom stereocenters. The van der Waals surface area contributed by atoms with Gasteiger partial charge in [0.05, 0.1) is 0 Å². The highest BCUT2D eigenvalue weighted by Gasteiger charge is 2.26. The van der Waals surface area contributed by atoms with Gasteiger partial charge in [-0.3, -0.25) is 9.59 Å². The van der Waals surface area contributed by atoms with E-state index >= 15 is 0 Å². The van der Waals surface area contributed by atoms with E-state index in [1.807, 2.05) is 0 Å². The minimum Gasteiger partial charge on any atom is -0.354 e. The molecule has 3 N–H and O–H groups in total. The number of nitrogens with one attached hydrogen (secondary N) is 3. The SMILES string of the molecule is O=C(CCc1cc(-c2ccc(F)cc2)[nH]c1-c1ccccc1C(F)F)NC1CCNC1=O. The number of carbonyl (C=O) groups is 2. The number of hydrogen-bond donors (Lipinski definition) is 3. The fourth-order valence-electron chi connectivity index (χ4n) is 3.88. The van der Waals surface area contributed by atoms with E-state index in [0.29, 0.717) is 41.0 Å². The summed E-state index contributed by atoms with van der Waals surface area (Å²) in [5.74, 6) is -0.869. The van der Waals surface area contributed by atoms with Crippen LogP contribution in [0, 0.1) is 5.82 Å². The number of carbonyl (C=O) groups excluding carboxylic acids is 2. The molecule has 4 rings (SSSR count). The van der Waals surface area contributed by atoms with Gasteiger partial charge in [0.15, 0.2) is 0 Å². The quantitative estimate of drug-likeness (QED) is 0.510. The van der Waals surface area contributed by atoms with Crippen molar-refractivity contribution in [2.75, 3.05) is 6.54 Å². The Hall–Kier alpha value is -3.55. The third kappa shape index (κ3) is 4.69. The first-order valence-corrected chi connectivity index (χ1v) is 10.3. The van der Waals surface area contributed by atoms with Gasteiger partial charge in [0, 0.05) is 35.5 Å². The molecule has 8 heteroatoms. The van der Waals surface area contributed by atoms with E-state index < -0.39 is 12.5 Å². The highest BCUT2D eigenvalue weighted by Crippen LogP contribution is 2.35. The summed E-state index contributed by atoms with van der Waals surface area (Å²) >= 11 is 0. The van der Waals surface area contributed by atoms with E-state index in [1.54, 1.807) is 36.4 Å². The summed E-state index contributed by atoms with van der Waals surface area (Å²) < 4.78 is 40.6. The maximum atomic E-state index is 13.6. The number of amides is 2. The molecule has 2 amide bonds. The molecule has 0 radical (unpaired) electrons. The second-order valence-corrected chi connectivity index (χ2v) is 7.68. The fourth-order valence-corrected chi connectivity index (χ4v) is 3.88. The van der Waals surface area contributed by atoms with Crippen LogP contribution in [-0.2, 0) is 16.0 Å². The highest BCUT2D eigenvalue weighted by atomic mass is 19.3. The van der Waals surface area contributed by atoms with Crippen molar-refractivity contribution in [2.45, 2.75) is 31.7 Å². The molecule has 1 aliphatic heterocycles. The summed E-state index contributed by atoms with van der Waals surface area (Å²) in [7, 11) is 0. The normalized spacial score (nSPS) is 15.8. The van der Waals surface area contributed by atoms with Crippen molar-refractivity contribution in [3.63, 3.8) is 0 Å². The number of H-pyrrole nitrogens is 1. The van der Waals surface area contributed by atoms with Crippen molar-refractivity contribution in [1.82, 2.24) is 15.6 Å². The van der Waals surface area contributed by atoms with Crippen LogP contribution in [-0.4, -0.2) is 29.4 Å². The lowest BCUT2D eigenvalue weighted by atomic mass is 9.99. The average Bonchev–Trinajstić information content (AvgIpc) is 3.39. The van der Waals surface area contributed by atoms with Crippen LogP contribution in [0.25, 0.3) is 22.5 Å². The summed E-state index contributed by atoms with van der Waals surface area (Å²) in [5.41, 5.74) is 2.74. The molecule has 1 aliphatic rings. The summed E-state index contributed by atoms with van der Waals surface area (Å²) in [6, 6.07) is 13.3. The van der Waals surface area contributed by atoms with Crippen LogP contribution in [0.3, 0.4) is 0 Å². The topological polar surface area (TPSA) is 74.0 Å². The van der Waals surface area contributed by atoms with E-state index in [4.69, 9.17) is 0 Å². The lowest BCUT2D eigenvalue weighted by Gasteiger charge is -2.11. The second kappa shape index (κ2) is 9.30. The molecule has 0 bridgehead atoms. The van der Waals surface area contributed by atoms with Gasteiger partial charge in [-0.2, -0.15) is 0 Å². The summed E-state index contributed by atoms with van der Waals surface area (Å²) in [5, 5.41) is 5.37. The summed E-state index contributed by atoms with van der Waals surface area (Å²) in [6.07, 6.45) is -1.75. The third-order valence-corrected chi connectivity index (χ3v) is 5.53. The molecule has 32 heavy (non-hydrogen) atoms. The molecule has 1 fully saturated rings. The van der Waals surface area contributed by atoms with Crippen LogP contribution in [0.15, 0.2) is 54.6 Å². The molecule has 1 saturated heterocycles. The smallest absolute Gasteiger partial charge is 0.264 e. The minimum atomic E-state index is -2.67. The van der Waals surface area contributed by atoms with Gasteiger partial charge < -0.3 is 15.6 Å². The van der Waals surface area contributed by atoms with E-state index in [0.717, 1.165) is 0 Å². The van der Waals surface area contributed by atoms with Crippen LogP contribution < -0.4 is 10.6 Å². The molecule has 1 atom stereocenters. The Morgan fingerprint density at radius 1 is 1.12 bits per heavy atom. The monoisotopic (exact) mass is 441 g/mol. The minimum absolute atomic E-state index is 0.0916. The van der Waals surface area contributed by atoms with Crippen molar-refractivity contribution >= 4 is 11.8 Å². The van der Waals surface area contributed by atoms with Crippen LogP contribution in [0.4, 0.5) is 13.2 Å². The zero-order valence-corrected chi connectivity index (χ0v) is 17.1. The molecule has 3 aromatic rings. The predicted molar refractivity (Wildman–Crippen MR) is 114 cm³/mol. The molecule has 5 nitrogen and oxygen atoms in total. The van der Waals surface area contributed by atoms with E-state index in [9.17, 15) is 22.8 Å². The maximum Gasteiger partial charge on any atom is 0.264 e. The number of aryl methyl sites for hydroxylation is 1. The fraction of sp³-hybridized carbons (Fsp3) is 0.250.